The highest BCUT2D eigenvalue weighted by Crippen LogP contribution is 2.17. The number of nitrogens with one attached hydrogen (secondary N) is 1. The first-order valence-electron chi connectivity index (χ1n) is 7.73. The van der Waals surface area contributed by atoms with Gasteiger partial charge in [-0.2, -0.15) is 0 Å². The minimum Gasteiger partial charge on any atom is -0.444 e. The van der Waals surface area contributed by atoms with Crippen LogP contribution in [0.25, 0.3) is 0 Å². The van der Waals surface area contributed by atoms with E-state index in [0.717, 1.165) is 6.54 Å². The largest absolute Gasteiger partial charge is 0.444 e. The monoisotopic (exact) mass is 308 g/mol. The van der Waals surface area contributed by atoms with E-state index in [1.54, 1.807) is 20.8 Å². The van der Waals surface area contributed by atoms with Gasteiger partial charge in [-0.3, -0.25) is 4.90 Å². The Labute approximate surface area is 131 Å². The summed E-state index contributed by atoms with van der Waals surface area (Å²) in [6, 6.07) is 9.55. The number of hydrogen-bond acceptors (Lipinski definition) is 3. The summed E-state index contributed by atoms with van der Waals surface area (Å²) < 4.78 is 19.3. The maximum Gasteiger partial charge on any atom is 0.408 e. The van der Waals surface area contributed by atoms with E-state index in [4.69, 9.17) is 4.74 Å². The zero-order valence-corrected chi connectivity index (χ0v) is 13.5. The third kappa shape index (κ3) is 5.30. The zero-order chi connectivity index (χ0) is 16.2. The average Bonchev–Trinajstić information content (AvgIpc) is 2.41. The SMILES string of the molecule is CC(C)(C)OC(=O)NC1CN(Cc2ccccc2)CCC1F. The van der Waals surface area contributed by atoms with Crippen molar-refractivity contribution in [3.8, 4) is 0 Å². The highest BCUT2D eigenvalue weighted by atomic mass is 19.1. The Morgan fingerprint density at radius 1 is 1.36 bits per heavy atom. The summed E-state index contributed by atoms with van der Waals surface area (Å²) in [6.45, 7) is 7.34. The molecule has 1 heterocycles. The molecule has 2 rings (SSSR count). The molecule has 1 aromatic rings. The van der Waals surface area contributed by atoms with E-state index in [1.807, 2.05) is 18.2 Å². The average molecular weight is 308 g/mol. The van der Waals surface area contributed by atoms with Gasteiger partial charge in [0.15, 0.2) is 0 Å². The third-order valence-corrected chi connectivity index (χ3v) is 3.56. The fourth-order valence-electron chi connectivity index (χ4n) is 2.57. The number of hydrogen-bond donors (Lipinski definition) is 1. The minimum absolute atomic E-state index is 0.424. The highest BCUT2D eigenvalue weighted by Gasteiger charge is 2.31. The van der Waals surface area contributed by atoms with Crippen LogP contribution in [-0.4, -0.2) is 41.9 Å². The van der Waals surface area contributed by atoms with E-state index in [1.165, 1.54) is 5.56 Å². The molecule has 1 fully saturated rings. The second-order valence-corrected chi connectivity index (χ2v) is 6.78. The van der Waals surface area contributed by atoms with Crippen LogP contribution in [0.15, 0.2) is 30.3 Å². The maximum absolute atomic E-state index is 14.1. The van der Waals surface area contributed by atoms with E-state index in [2.05, 4.69) is 22.3 Å². The van der Waals surface area contributed by atoms with Crippen molar-refractivity contribution in [1.82, 2.24) is 10.2 Å². The number of piperidine rings is 1. The van der Waals surface area contributed by atoms with Crippen molar-refractivity contribution in [2.75, 3.05) is 13.1 Å². The Hall–Kier alpha value is -1.62. The van der Waals surface area contributed by atoms with Crippen molar-refractivity contribution in [2.45, 2.75) is 51.6 Å². The van der Waals surface area contributed by atoms with Gasteiger partial charge in [-0.15, -0.1) is 0 Å². The van der Waals surface area contributed by atoms with Crippen LogP contribution in [0.2, 0.25) is 0 Å². The molecule has 2 unspecified atom stereocenters. The molecule has 0 spiro atoms. The second kappa shape index (κ2) is 7.09. The lowest BCUT2D eigenvalue weighted by Gasteiger charge is -2.35. The normalized spacial score (nSPS) is 23.1. The number of likely N-dealkylation sites (tertiary alicyclic amines) is 1. The molecular formula is C17H25FN2O2. The highest BCUT2D eigenvalue weighted by molar-refractivity contribution is 5.68. The number of rotatable bonds is 3. The molecule has 1 aliphatic heterocycles. The summed E-state index contributed by atoms with van der Waals surface area (Å²) in [5.74, 6) is 0. The van der Waals surface area contributed by atoms with Crippen LogP contribution >= 0.6 is 0 Å². The lowest BCUT2D eigenvalue weighted by Crippen LogP contribution is -2.54. The number of alkyl halides is 1. The van der Waals surface area contributed by atoms with Crippen molar-refractivity contribution in [2.24, 2.45) is 0 Å². The van der Waals surface area contributed by atoms with Crippen molar-refractivity contribution in [1.29, 1.82) is 0 Å². The molecule has 5 heteroatoms. The topological polar surface area (TPSA) is 41.6 Å². The van der Waals surface area contributed by atoms with Crippen LogP contribution < -0.4 is 5.32 Å². The molecule has 1 amide bonds. The number of nitrogens with zero attached hydrogens (tertiary/aromatic N) is 1. The lowest BCUT2D eigenvalue weighted by molar-refractivity contribution is 0.0389. The van der Waals surface area contributed by atoms with Crippen LogP contribution in [0.1, 0.15) is 32.8 Å². The van der Waals surface area contributed by atoms with Gasteiger partial charge < -0.3 is 10.1 Å². The van der Waals surface area contributed by atoms with Crippen LogP contribution in [0, 0.1) is 0 Å². The first kappa shape index (κ1) is 16.7. The molecule has 0 bridgehead atoms. The van der Waals surface area contributed by atoms with Crippen molar-refractivity contribution in [3.63, 3.8) is 0 Å². The van der Waals surface area contributed by atoms with Crippen molar-refractivity contribution < 1.29 is 13.9 Å². The molecule has 0 aliphatic carbocycles. The van der Waals surface area contributed by atoms with E-state index >= 15 is 0 Å². The molecule has 22 heavy (non-hydrogen) atoms. The van der Waals surface area contributed by atoms with E-state index in [9.17, 15) is 9.18 Å². The van der Waals surface area contributed by atoms with Gasteiger partial charge in [0.05, 0.1) is 6.04 Å². The molecular weight excluding hydrogens is 283 g/mol. The number of carbonyl (C=O) groups is 1. The summed E-state index contributed by atoms with van der Waals surface area (Å²) in [7, 11) is 0. The predicted octanol–water partition coefficient (Wildman–Crippen LogP) is 3.12. The van der Waals surface area contributed by atoms with Crippen molar-refractivity contribution >= 4 is 6.09 Å². The Balaban J connectivity index is 1.89. The Bertz CT molecular complexity index is 487. The summed E-state index contributed by atoms with van der Waals surface area (Å²) in [4.78, 5) is 14.0. The van der Waals surface area contributed by atoms with E-state index < -0.39 is 23.9 Å². The molecule has 1 aromatic carbocycles. The smallest absolute Gasteiger partial charge is 0.408 e. The molecule has 1 aliphatic rings. The zero-order valence-electron chi connectivity index (χ0n) is 13.5. The summed E-state index contributed by atoms with van der Waals surface area (Å²) in [6.07, 6.45) is -1.16. The predicted molar refractivity (Wildman–Crippen MR) is 84.4 cm³/mol. The van der Waals surface area contributed by atoms with E-state index in [-0.39, 0.29) is 0 Å². The molecule has 1 N–H and O–H groups in total. The fraction of sp³-hybridized carbons (Fsp3) is 0.588. The van der Waals surface area contributed by atoms with Crippen molar-refractivity contribution in [3.05, 3.63) is 35.9 Å². The van der Waals surface area contributed by atoms with Crippen LogP contribution in [0.5, 0.6) is 0 Å². The number of benzene rings is 1. The minimum atomic E-state index is -1.03. The number of alkyl carbamates (subject to hydrolysis) is 1. The molecule has 4 nitrogen and oxygen atoms in total. The molecule has 0 radical (unpaired) electrons. The molecule has 0 saturated carbocycles. The number of halogens is 1. The third-order valence-electron chi connectivity index (χ3n) is 3.56. The van der Waals surface area contributed by atoms with Crippen LogP contribution in [-0.2, 0) is 11.3 Å². The summed E-state index contributed by atoms with van der Waals surface area (Å²) >= 11 is 0. The standard InChI is InChI=1S/C17H25FN2O2/c1-17(2,3)22-16(21)19-15-12-20(10-9-14(15)18)11-13-7-5-4-6-8-13/h4-8,14-15H,9-12H2,1-3H3,(H,19,21). The first-order valence-corrected chi connectivity index (χ1v) is 7.73. The van der Waals surface area contributed by atoms with Gasteiger partial charge in [0.1, 0.15) is 11.8 Å². The van der Waals surface area contributed by atoms with Crippen LogP contribution in [0.4, 0.5) is 9.18 Å². The van der Waals surface area contributed by atoms with Gasteiger partial charge in [-0.1, -0.05) is 30.3 Å². The summed E-state index contributed by atoms with van der Waals surface area (Å²) in [5, 5.41) is 2.66. The van der Waals surface area contributed by atoms with Crippen LogP contribution in [0.3, 0.4) is 0 Å². The molecule has 2 atom stereocenters. The fourth-order valence-corrected chi connectivity index (χ4v) is 2.57. The van der Waals surface area contributed by atoms with E-state index in [0.29, 0.717) is 19.5 Å². The Morgan fingerprint density at radius 3 is 2.68 bits per heavy atom. The second-order valence-electron chi connectivity index (χ2n) is 6.78. The van der Waals surface area contributed by atoms with Gasteiger partial charge in [0, 0.05) is 19.6 Å². The molecule has 1 saturated heterocycles. The number of carbonyl (C=O) groups excluding carboxylic acids is 1. The molecule has 122 valence electrons. The Kier molecular flexibility index (Phi) is 5.40. The summed E-state index contributed by atoms with van der Waals surface area (Å²) in [5.41, 5.74) is 0.615. The van der Waals surface area contributed by atoms with Gasteiger partial charge in [-0.05, 0) is 32.8 Å². The van der Waals surface area contributed by atoms with Gasteiger partial charge >= 0.3 is 6.09 Å². The van der Waals surface area contributed by atoms with Gasteiger partial charge in [0.25, 0.3) is 0 Å². The number of ether oxygens (including phenoxy) is 1. The lowest BCUT2D eigenvalue weighted by atomic mass is 10.0. The molecule has 0 aromatic heterocycles. The quantitative estimate of drug-likeness (QED) is 0.933. The maximum atomic E-state index is 14.1. The number of amides is 1. The Morgan fingerprint density at radius 2 is 2.05 bits per heavy atom. The van der Waals surface area contributed by atoms with Gasteiger partial charge in [-0.25, -0.2) is 9.18 Å². The first-order chi connectivity index (χ1) is 10.3. The van der Waals surface area contributed by atoms with Gasteiger partial charge in [0.2, 0.25) is 0 Å².